The van der Waals surface area contributed by atoms with Crippen molar-refractivity contribution in [2.45, 2.75) is 39.3 Å². The number of nitrogens with one attached hydrogen (secondary N) is 1. The van der Waals surface area contributed by atoms with Crippen LogP contribution in [0.2, 0.25) is 0 Å². The summed E-state index contributed by atoms with van der Waals surface area (Å²) in [6.45, 7) is 7.84. The van der Waals surface area contributed by atoms with Gasteiger partial charge in [0.25, 0.3) is 0 Å². The molecule has 0 spiro atoms. The summed E-state index contributed by atoms with van der Waals surface area (Å²) < 4.78 is 5.70. The summed E-state index contributed by atoms with van der Waals surface area (Å²) in [6, 6.07) is 8.58. The van der Waals surface area contributed by atoms with Gasteiger partial charge in [-0.1, -0.05) is 29.8 Å². The number of guanidine groups is 1. The second-order valence-electron chi connectivity index (χ2n) is 5.53. The molecule has 1 aromatic carbocycles. The predicted octanol–water partition coefficient (Wildman–Crippen LogP) is 3.19. The van der Waals surface area contributed by atoms with Gasteiger partial charge in [0.15, 0.2) is 5.96 Å². The third-order valence-electron chi connectivity index (χ3n) is 3.89. The van der Waals surface area contributed by atoms with Gasteiger partial charge in [-0.25, -0.2) is 0 Å². The van der Waals surface area contributed by atoms with E-state index in [9.17, 15) is 0 Å². The van der Waals surface area contributed by atoms with Gasteiger partial charge >= 0.3 is 0 Å². The fourth-order valence-electron chi connectivity index (χ4n) is 2.81. The van der Waals surface area contributed by atoms with Gasteiger partial charge < -0.3 is 15.0 Å². The van der Waals surface area contributed by atoms with Crippen molar-refractivity contribution in [3.05, 3.63) is 35.4 Å². The van der Waals surface area contributed by atoms with E-state index < -0.39 is 0 Å². The monoisotopic (exact) mass is 417 g/mol. The van der Waals surface area contributed by atoms with E-state index >= 15 is 0 Å². The first-order valence-corrected chi connectivity index (χ1v) is 7.85. The number of aliphatic imine (C=N–C) groups is 1. The van der Waals surface area contributed by atoms with Crippen molar-refractivity contribution < 1.29 is 4.74 Å². The topological polar surface area (TPSA) is 36.9 Å². The average molecular weight is 417 g/mol. The normalized spacial score (nSPS) is 16.3. The quantitative estimate of drug-likeness (QED) is 0.465. The standard InChI is InChI=1S/C17H27N3O.HI/c1-4-21-16-8-10-20(11-9-16)17(18-3)19-13-15-7-5-6-14(2)12-15;/h5-7,12,16H,4,8-11,13H2,1-3H3,(H,18,19);1H. The number of halogens is 1. The highest BCUT2D eigenvalue weighted by Gasteiger charge is 2.21. The van der Waals surface area contributed by atoms with Crippen LogP contribution in [0, 0.1) is 6.92 Å². The molecule has 0 atom stereocenters. The third kappa shape index (κ3) is 5.76. The summed E-state index contributed by atoms with van der Waals surface area (Å²) >= 11 is 0. The summed E-state index contributed by atoms with van der Waals surface area (Å²) in [5.74, 6) is 0.992. The maximum Gasteiger partial charge on any atom is 0.193 e. The second-order valence-corrected chi connectivity index (χ2v) is 5.53. The highest BCUT2D eigenvalue weighted by Crippen LogP contribution is 2.14. The highest BCUT2D eigenvalue weighted by atomic mass is 127. The molecule has 4 nitrogen and oxygen atoms in total. The third-order valence-corrected chi connectivity index (χ3v) is 3.89. The van der Waals surface area contributed by atoms with E-state index in [-0.39, 0.29) is 24.0 Å². The van der Waals surface area contributed by atoms with Gasteiger partial charge in [-0.2, -0.15) is 0 Å². The Morgan fingerprint density at radius 1 is 1.36 bits per heavy atom. The summed E-state index contributed by atoms with van der Waals surface area (Å²) in [7, 11) is 1.85. The van der Waals surface area contributed by atoms with Crippen molar-refractivity contribution in [3.63, 3.8) is 0 Å². The van der Waals surface area contributed by atoms with E-state index in [1.807, 2.05) is 7.05 Å². The molecule has 5 heteroatoms. The SMILES string of the molecule is CCOC1CCN(C(=NC)NCc2cccc(C)c2)CC1.I. The lowest BCUT2D eigenvalue weighted by atomic mass is 10.1. The zero-order valence-corrected chi connectivity index (χ0v) is 16.2. The number of aryl methyl sites for hydroxylation is 1. The van der Waals surface area contributed by atoms with E-state index in [1.165, 1.54) is 11.1 Å². The lowest BCUT2D eigenvalue weighted by molar-refractivity contribution is 0.0263. The van der Waals surface area contributed by atoms with E-state index in [0.29, 0.717) is 6.10 Å². The summed E-state index contributed by atoms with van der Waals surface area (Å²) in [6.07, 6.45) is 2.58. The number of rotatable bonds is 4. The number of piperidine rings is 1. The molecule has 1 aliphatic heterocycles. The smallest absolute Gasteiger partial charge is 0.193 e. The van der Waals surface area contributed by atoms with Crippen LogP contribution in [0.3, 0.4) is 0 Å². The minimum atomic E-state index is 0. The molecule has 2 rings (SSSR count). The van der Waals surface area contributed by atoms with Crippen LogP contribution in [0.25, 0.3) is 0 Å². The number of hydrogen-bond acceptors (Lipinski definition) is 2. The van der Waals surface area contributed by atoms with Gasteiger partial charge in [0.1, 0.15) is 0 Å². The Balaban J connectivity index is 0.00000242. The second kappa shape index (κ2) is 10.0. The molecule has 124 valence electrons. The number of ether oxygens (including phenoxy) is 1. The molecule has 0 unspecified atom stereocenters. The van der Waals surface area contributed by atoms with Gasteiger partial charge in [-0.3, -0.25) is 4.99 Å². The first kappa shape index (κ1) is 19.2. The molecular weight excluding hydrogens is 389 g/mol. The summed E-state index contributed by atoms with van der Waals surface area (Å²) in [4.78, 5) is 6.74. The van der Waals surface area contributed by atoms with Gasteiger partial charge in [0.2, 0.25) is 0 Å². The molecule has 1 saturated heterocycles. The Morgan fingerprint density at radius 3 is 2.68 bits per heavy atom. The molecule has 0 radical (unpaired) electrons. The van der Waals surface area contributed by atoms with Gasteiger partial charge in [-0.05, 0) is 32.3 Å². The Bertz CT molecular complexity index is 471. The minimum absolute atomic E-state index is 0. The number of benzene rings is 1. The van der Waals surface area contributed by atoms with E-state index in [4.69, 9.17) is 4.74 Å². The molecular formula is C17H28IN3O. The van der Waals surface area contributed by atoms with Crippen molar-refractivity contribution >= 4 is 29.9 Å². The Hall–Kier alpha value is -0.820. The van der Waals surface area contributed by atoms with Gasteiger partial charge in [0, 0.05) is 33.3 Å². The Kier molecular flexibility index (Phi) is 8.78. The van der Waals surface area contributed by atoms with Crippen molar-refractivity contribution in [3.8, 4) is 0 Å². The van der Waals surface area contributed by atoms with Crippen LogP contribution in [-0.4, -0.2) is 43.7 Å². The van der Waals surface area contributed by atoms with E-state index in [1.54, 1.807) is 0 Å². The first-order chi connectivity index (χ1) is 10.2. The van der Waals surface area contributed by atoms with Crippen LogP contribution in [0.1, 0.15) is 30.9 Å². The molecule has 0 amide bonds. The maximum atomic E-state index is 5.70. The van der Waals surface area contributed by atoms with Crippen LogP contribution in [0.4, 0.5) is 0 Å². The van der Waals surface area contributed by atoms with Crippen LogP contribution in [0.5, 0.6) is 0 Å². The molecule has 1 aromatic rings. The molecule has 1 N–H and O–H groups in total. The highest BCUT2D eigenvalue weighted by molar-refractivity contribution is 14.0. The van der Waals surface area contributed by atoms with Crippen molar-refractivity contribution in [2.75, 3.05) is 26.7 Å². The molecule has 1 aliphatic rings. The molecule has 0 saturated carbocycles. The molecule has 0 aliphatic carbocycles. The van der Waals surface area contributed by atoms with Crippen LogP contribution >= 0.6 is 24.0 Å². The lowest BCUT2D eigenvalue weighted by Gasteiger charge is -2.34. The number of hydrogen-bond donors (Lipinski definition) is 1. The van der Waals surface area contributed by atoms with Crippen molar-refractivity contribution in [1.82, 2.24) is 10.2 Å². The Labute approximate surface area is 151 Å². The van der Waals surface area contributed by atoms with E-state index in [2.05, 4.69) is 53.3 Å². The van der Waals surface area contributed by atoms with E-state index in [0.717, 1.165) is 45.0 Å². The van der Waals surface area contributed by atoms with Crippen LogP contribution in [-0.2, 0) is 11.3 Å². The van der Waals surface area contributed by atoms with Gasteiger partial charge in [-0.15, -0.1) is 24.0 Å². The summed E-state index contributed by atoms with van der Waals surface area (Å²) in [5, 5.41) is 3.46. The Morgan fingerprint density at radius 2 is 2.09 bits per heavy atom. The summed E-state index contributed by atoms with van der Waals surface area (Å²) in [5.41, 5.74) is 2.59. The van der Waals surface area contributed by atoms with Gasteiger partial charge in [0.05, 0.1) is 6.10 Å². The minimum Gasteiger partial charge on any atom is -0.378 e. The lowest BCUT2D eigenvalue weighted by Crippen LogP contribution is -2.46. The zero-order valence-electron chi connectivity index (χ0n) is 13.8. The fourth-order valence-corrected chi connectivity index (χ4v) is 2.81. The average Bonchev–Trinajstić information content (AvgIpc) is 2.50. The maximum absolute atomic E-state index is 5.70. The zero-order chi connectivity index (χ0) is 15.1. The molecule has 0 aromatic heterocycles. The molecule has 22 heavy (non-hydrogen) atoms. The van der Waals surface area contributed by atoms with Crippen molar-refractivity contribution in [1.29, 1.82) is 0 Å². The van der Waals surface area contributed by atoms with Crippen LogP contribution in [0.15, 0.2) is 29.3 Å². The molecule has 1 fully saturated rings. The predicted molar refractivity (Wildman–Crippen MR) is 103 cm³/mol. The van der Waals surface area contributed by atoms with Crippen molar-refractivity contribution in [2.24, 2.45) is 4.99 Å². The number of nitrogens with zero attached hydrogens (tertiary/aromatic N) is 2. The first-order valence-electron chi connectivity index (χ1n) is 7.85. The molecule has 1 heterocycles. The largest absolute Gasteiger partial charge is 0.378 e. The number of likely N-dealkylation sites (tertiary alicyclic amines) is 1. The van der Waals surface area contributed by atoms with Crippen LogP contribution < -0.4 is 5.32 Å². The fraction of sp³-hybridized carbons (Fsp3) is 0.588. The molecule has 0 bridgehead atoms.